The van der Waals surface area contributed by atoms with Gasteiger partial charge in [-0.2, -0.15) is 0 Å². The van der Waals surface area contributed by atoms with Gasteiger partial charge in [0.2, 0.25) is 0 Å². The molecule has 0 heterocycles. The first kappa shape index (κ1) is 13.5. The molecule has 0 fully saturated rings. The molecule has 0 saturated carbocycles. The number of carbonyl (C=O) groups excluding carboxylic acids is 1. The average Bonchev–Trinajstić information content (AvgIpc) is 2.31. The Morgan fingerprint density at radius 1 is 1.41 bits per heavy atom. The maximum absolute atomic E-state index is 11.8. The largest absolute Gasteiger partial charge is 0.383 e. The molecule has 0 bridgehead atoms. The maximum Gasteiger partial charge on any atom is 0.321 e. The molecule has 17 heavy (non-hydrogen) atoms. The van der Waals surface area contributed by atoms with Gasteiger partial charge in [-0.3, -0.25) is 0 Å². The molecular weight excluding hydrogens is 216 g/mol. The predicted octanol–water partition coefficient (Wildman–Crippen LogP) is 2.41. The van der Waals surface area contributed by atoms with Crippen LogP contribution in [0, 0.1) is 13.8 Å². The minimum atomic E-state index is -0.115. The predicted molar refractivity (Wildman–Crippen MR) is 69.4 cm³/mol. The van der Waals surface area contributed by atoms with E-state index >= 15 is 0 Å². The standard InChI is InChI=1S/C13H20N2O2/c1-10-6-5-7-12(11(10)2)14-13(16)15(3)8-9-17-4/h5-7H,8-9H2,1-4H3,(H,14,16). The van der Waals surface area contributed by atoms with E-state index in [1.807, 2.05) is 32.0 Å². The summed E-state index contributed by atoms with van der Waals surface area (Å²) in [5.41, 5.74) is 3.13. The summed E-state index contributed by atoms with van der Waals surface area (Å²) in [7, 11) is 3.37. The van der Waals surface area contributed by atoms with E-state index in [2.05, 4.69) is 5.32 Å². The highest BCUT2D eigenvalue weighted by Crippen LogP contribution is 2.18. The number of nitrogens with zero attached hydrogens (tertiary/aromatic N) is 1. The molecule has 4 heteroatoms. The monoisotopic (exact) mass is 236 g/mol. The zero-order chi connectivity index (χ0) is 12.8. The number of carbonyl (C=O) groups is 1. The summed E-state index contributed by atoms with van der Waals surface area (Å²) >= 11 is 0. The minimum Gasteiger partial charge on any atom is -0.383 e. The van der Waals surface area contributed by atoms with E-state index in [4.69, 9.17) is 4.74 Å². The number of nitrogens with one attached hydrogen (secondary N) is 1. The minimum absolute atomic E-state index is 0.115. The molecule has 0 saturated heterocycles. The van der Waals surface area contributed by atoms with E-state index < -0.39 is 0 Å². The van der Waals surface area contributed by atoms with Crippen LogP contribution in [-0.4, -0.2) is 38.2 Å². The lowest BCUT2D eigenvalue weighted by Crippen LogP contribution is -2.34. The fourth-order valence-electron chi connectivity index (χ4n) is 1.43. The number of anilines is 1. The Hall–Kier alpha value is -1.55. The SMILES string of the molecule is COCCN(C)C(=O)Nc1cccc(C)c1C. The van der Waals surface area contributed by atoms with Crippen LogP contribution in [0.25, 0.3) is 0 Å². The van der Waals surface area contributed by atoms with Gasteiger partial charge in [-0.1, -0.05) is 12.1 Å². The van der Waals surface area contributed by atoms with Crippen LogP contribution in [-0.2, 0) is 4.74 Å². The normalized spacial score (nSPS) is 10.1. The summed E-state index contributed by atoms with van der Waals surface area (Å²) in [6.45, 7) is 5.14. The fourth-order valence-corrected chi connectivity index (χ4v) is 1.43. The Bertz CT molecular complexity index is 391. The highest BCUT2D eigenvalue weighted by atomic mass is 16.5. The first-order valence-electron chi connectivity index (χ1n) is 5.63. The van der Waals surface area contributed by atoms with Crippen molar-refractivity contribution >= 4 is 11.7 Å². The summed E-state index contributed by atoms with van der Waals surface area (Å²) in [6, 6.07) is 5.76. The second-order valence-corrected chi connectivity index (χ2v) is 4.09. The topological polar surface area (TPSA) is 41.6 Å². The Labute approximate surface area is 103 Å². The van der Waals surface area contributed by atoms with Gasteiger partial charge in [-0.25, -0.2) is 4.79 Å². The lowest BCUT2D eigenvalue weighted by molar-refractivity contribution is 0.165. The molecule has 1 N–H and O–H groups in total. The van der Waals surface area contributed by atoms with Gasteiger partial charge in [0.25, 0.3) is 0 Å². The molecule has 2 amide bonds. The Morgan fingerprint density at radius 3 is 2.76 bits per heavy atom. The number of rotatable bonds is 4. The highest BCUT2D eigenvalue weighted by molar-refractivity contribution is 5.90. The molecule has 1 rings (SSSR count). The third-order valence-corrected chi connectivity index (χ3v) is 2.82. The van der Waals surface area contributed by atoms with Gasteiger partial charge in [0.1, 0.15) is 0 Å². The van der Waals surface area contributed by atoms with Crippen molar-refractivity contribution < 1.29 is 9.53 Å². The number of hydrogen-bond acceptors (Lipinski definition) is 2. The third kappa shape index (κ3) is 3.75. The van der Waals surface area contributed by atoms with Gasteiger partial charge in [-0.05, 0) is 31.0 Å². The smallest absolute Gasteiger partial charge is 0.321 e. The molecule has 1 aromatic carbocycles. The number of hydrogen-bond donors (Lipinski definition) is 1. The number of methoxy groups -OCH3 is 1. The Morgan fingerprint density at radius 2 is 2.12 bits per heavy atom. The lowest BCUT2D eigenvalue weighted by atomic mass is 10.1. The number of amides is 2. The summed E-state index contributed by atoms with van der Waals surface area (Å²) in [6.07, 6.45) is 0. The average molecular weight is 236 g/mol. The Balaban J connectivity index is 2.64. The molecule has 0 aliphatic heterocycles. The van der Waals surface area contributed by atoms with Crippen molar-refractivity contribution in [2.24, 2.45) is 0 Å². The number of benzene rings is 1. The van der Waals surface area contributed by atoms with Gasteiger partial charge in [0.05, 0.1) is 6.61 Å². The zero-order valence-electron chi connectivity index (χ0n) is 10.9. The molecule has 1 aromatic rings. The summed E-state index contributed by atoms with van der Waals surface area (Å²) in [5.74, 6) is 0. The number of aryl methyl sites for hydroxylation is 1. The second-order valence-electron chi connectivity index (χ2n) is 4.09. The van der Waals surface area contributed by atoms with Crippen LogP contribution >= 0.6 is 0 Å². The summed E-state index contributed by atoms with van der Waals surface area (Å²) in [5, 5.41) is 2.89. The van der Waals surface area contributed by atoms with Gasteiger partial charge in [-0.15, -0.1) is 0 Å². The van der Waals surface area contributed by atoms with Crippen LogP contribution < -0.4 is 5.32 Å². The highest BCUT2D eigenvalue weighted by Gasteiger charge is 2.09. The van der Waals surface area contributed by atoms with Crippen LogP contribution in [0.1, 0.15) is 11.1 Å². The van der Waals surface area contributed by atoms with E-state index in [1.54, 1.807) is 19.1 Å². The fraction of sp³-hybridized carbons (Fsp3) is 0.462. The molecule has 0 aromatic heterocycles. The number of ether oxygens (including phenoxy) is 1. The van der Waals surface area contributed by atoms with Crippen LogP contribution in [0.5, 0.6) is 0 Å². The number of likely N-dealkylation sites (N-methyl/N-ethyl adjacent to an activating group) is 1. The molecule has 0 aliphatic carbocycles. The van der Waals surface area contributed by atoms with Crippen molar-refractivity contribution in [1.82, 2.24) is 4.90 Å². The van der Waals surface area contributed by atoms with Crippen molar-refractivity contribution in [3.63, 3.8) is 0 Å². The summed E-state index contributed by atoms with van der Waals surface area (Å²) < 4.78 is 4.93. The zero-order valence-corrected chi connectivity index (χ0v) is 10.9. The first-order chi connectivity index (χ1) is 8.06. The molecule has 0 unspecified atom stereocenters. The van der Waals surface area contributed by atoms with Crippen LogP contribution in [0.2, 0.25) is 0 Å². The number of urea groups is 1. The van der Waals surface area contributed by atoms with Gasteiger partial charge >= 0.3 is 6.03 Å². The van der Waals surface area contributed by atoms with E-state index in [0.717, 1.165) is 11.3 Å². The van der Waals surface area contributed by atoms with Gasteiger partial charge < -0.3 is 15.0 Å². The molecule has 0 atom stereocenters. The second kappa shape index (κ2) is 6.25. The van der Waals surface area contributed by atoms with Crippen molar-refractivity contribution in [2.45, 2.75) is 13.8 Å². The Kier molecular flexibility index (Phi) is 4.97. The molecular formula is C13H20N2O2. The van der Waals surface area contributed by atoms with Gasteiger partial charge in [0.15, 0.2) is 0 Å². The van der Waals surface area contributed by atoms with Crippen molar-refractivity contribution in [2.75, 3.05) is 32.6 Å². The molecule has 0 spiro atoms. The van der Waals surface area contributed by atoms with Crippen LogP contribution in [0.4, 0.5) is 10.5 Å². The first-order valence-corrected chi connectivity index (χ1v) is 5.63. The maximum atomic E-state index is 11.8. The lowest BCUT2D eigenvalue weighted by Gasteiger charge is -2.18. The van der Waals surface area contributed by atoms with Crippen molar-refractivity contribution in [1.29, 1.82) is 0 Å². The summed E-state index contributed by atoms with van der Waals surface area (Å²) in [4.78, 5) is 13.4. The molecule has 0 radical (unpaired) electrons. The van der Waals surface area contributed by atoms with Crippen molar-refractivity contribution in [3.05, 3.63) is 29.3 Å². The van der Waals surface area contributed by atoms with E-state index in [-0.39, 0.29) is 6.03 Å². The molecule has 0 aliphatic rings. The van der Waals surface area contributed by atoms with E-state index in [0.29, 0.717) is 13.2 Å². The van der Waals surface area contributed by atoms with E-state index in [9.17, 15) is 4.79 Å². The van der Waals surface area contributed by atoms with Crippen LogP contribution in [0.15, 0.2) is 18.2 Å². The van der Waals surface area contributed by atoms with Gasteiger partial charge in [0, 0.05) is 26.4 Å². The van der Waals surface area contributed by atoms with Crippen LogP contribution in [0.3, 0.4) is 0 Å². The van der Waals surface area contributed by atoms with E-state index in [1.165, 1.54) is 5.56 Å². The third-order valence-electron chi connectivity index (χ3n) is 2.82. The van der Waals surface area contributed by atoms with Crippen molar-refractivity contribution in [3.8, 4) is 0 Å². The molecule has 4 nitrogen and oxygen atoms in total. The molecule has 94 valence electrons. The quantitative estimate of drug-likeness (QED) is 0.872.